The minimum atomic E-state index is -0.116. The number of benzene rings is 3. The van der Waals surface area contributed by atoms with E-state index in [4.69, 9.17) is 23.2 Å². The van der Waals surface area contributed by atoms with Gasteiger partial charge in [-0.15, -0.1) is 0 Å². The first-order chi connectivity index (χ1) is 12.7. The zero-order valence-corrected chi connectivity index (χ0v) is 17.4. The van der Waals surface area contributed by atoms with Crippen molar-refractivity contribution in [2.45, 2.75) is 27.7 Å². The molecule has 142 valence electrons. The fourth-order valence-corrected chi connectivity index (χ4v) is 2.32. The predicted molar refractivity (Wildman–Crippen MR) is 114 cm³/mol. The van der Waals surface area contributed by atoms with E-state index in [1.54, 1.807) is 26.0 Å². The van der Waals surface area contributed by atoms with Crippen LogP contribution in [0.15, 0.2) is 66.7 Å². The van der Waals surface area contributed by atoms with Crippen LogP contribution >= 0.6 is 23.2 Å². The van der Waals surface area contributed by atoms with Crippen LogP contribution in [0.3, 0.4) is 0 Å². The minimum Gasteiger partial charge on any atom is -0.295 e. The van der Waals surface area contributed by atoms with E-state index in [9.17, 15) is 9.18 Å². The van der Waals surface area contributed by atoms with Crippen molar-refractivity contribution in [2.75, 3.05) is 0 Å². The number of rotatable bonds is 1. The average Bonchev–Trinajstić information content (AvgIpc) is 2.64. The summed E-state index contributed by atoms with van der Waals surface area (Å²) in [4.78, 5) is 10.6. The number of ketones is 1. The fourth-order valence-electron chi connectivity index (χ4n) is 1.97. The van der Waals surface area contributed by atoms with E-state index in [0.29, 0.717) is 15.6 Å². The summed E-state index contributed by atoms with van der Waals surface area (Å²) in [6, 6.07) is 20.0. The van der Waals surface area contributed by atoms with Crippen LogP contribution in [0.2, 0.25) is 10.0 Å². The molecule has 3 rings (SSSR count). The Labute approximate surface area is 170 Å². The van der Waals surface area contributed by atoms with Gasteiger partial charge < -0.3 is 0 Å². The van der Waals surface area contributed by atoms with Crippen molar-refractivity contribution in [2.24, 2.45) is 0 Å². The molecule has 0 aromatic heterocycles. The van der Waals surface area contributed by atoms with Gasteiger partial charge in [0.1, 0.15) is 5.82 Å². The molecular formula is C23H23Cl2FO. The second-order valence-electron chi connectivity index (χ2n) is 6.09. The van der Waals surface area contributed by atoms with Crippen molar-refractivity contribution in [3.05, 3.63) is 105 Å². The van der Waals surface area contributed by atoms with Crippen molar-refractivity contribution >= 4 is 29.0 Å². The molecule has 27 heavy (non-hydrogen) atoms. The van der Waals surface area contributed by atoms with Crippen LogP contribution in [-0.4, -0.2) is 5.78 Å². The van der Waals surface area contributed by atoms with Gasteiger partial charge in [0.15, 0.2) is 5.78 Å². The lowest BCUT2D eigenvalue weighted by Gasteiger charge is -1.94. The number of carbonyl (C=O) groups is 1. The SMILES string of the molecule is CC(=O)c1ccccc1.Cc1ccc(C)c(F)c1.Cc1ccc(Cl)c(Cl)c1. The zero-order chi connectivity index (χ0) is 20.4. The first-order valence-electron chi connectivity index (χ1n) is 8.41. The van der Waals surface area contributed by atoms with E-state index < -0.39 is 0 Å². The third-order valence-corrected chi connectivity index (χ3v) is 4.32. The summed E-state index contributed by atoms with van der Waals surface area (Å²) in [5, 5.41) is 1.24. The van der Waals surface area contributed by atoms with Crippen molar-refractivity contribution < 1.29 is 9.18 Å². The molecule has 0 unspecified atom stereocenters. The molecule has 0 bridgehead atoms. The highest BCUT2D eigenvalue weighted by atomic mass is 35.5. The Hall–Kier alpha value is -2.16. The van der Waals surface area contributed by atoms with Crippen LogP contribution in [0.4, 0.5) is 4.39 Å². The van der Waals surface area contributed by atoms with Crippen LogP contribution < -0.4 is 0 Å². The number of Topliss-reactive ketones (excluding diaryl/α,β-unsaturated/α-hetero) is 1. The van der Waals surface area contributed by atoms with Crippen molar-refractivity contribution in [1.29, 1.82) is 0 Å². The standard InChI is InChI=1S/C8H9F.C8H8O.C7H6Cl2/c1-6-3-4-7(2)8(9)5-6;1-7(9)8-5-3-2-4-6-8;1-5-2-3-6(8)7(9)4-5/h3-5H,1-2H3;2-6H,1H3;2-4H,1H3. The summed E-state index contributed by atoms with van der Waals surface area (Å²) in [6.07, 6.45) is 0. The Morgan fingerprint density at radius 2 is 1.33 bits per heavy atom. The summed E-state index contributed by atoms with van der Waals surface area (Å²) >= 11 is 11.3. The van der Waals surface area contributed by atoms with Crippen LogP contribution in [0.1, 0.15) is 34.0 Å². The van der Waals surface area contributed by atoms with Crippen LogP contribution in [0.5, 0.6) is 0 Å². The second kappa shape index (κ2) is 11.5. The molecule has 0 aliphatic heterocycles. The van der Waals surface area contributed by atoms with Gasteiger partial charge in [0, 0.05) is 5.56 Å². The van der Waals surface area contributed by atoms with E-state index in [1.165, 1.54) is 6.07 Å². The molecule has 0 fully saturated rings. The summed E-state index contributed by atoms with van der Waals surface area (Å²) < 4.78 is 12.6. The highest BCUT2D eigenvalue weighted by Gasteiger charge is 1.94. The molecule has 0 amide bonds. The molecule has 0 radical (unpaired) electrons. The van der Waals surface area contributed by atoms with Gasteiger partial charge in [-0.3, -0.25) is 4.79 Å². The predicted octanol–water partition coefficient (Wildman–Crippen LogP) is 7.63. The molecule has 0 N–H and O–H groups in total. The van der Waals surface area contributed by atoms with Crippen molar-refractivity contribution in [3.63, 3.8) is 0 Å². The summed E-state index contributed by atoms with van der Waals surface area (Å²) in [5.74, 6) is 0.00519. The largest absolute Gasteiger partial charge is 0.295 e. The molecule has 0 spiro atoms. The van der Waals surface area contributed by atoms with Crippen molar-refractivity contribution in [3.8, 4) is 0 Å². The van der Waals surface area contributed by atoms with Gasteiger partial charge in [-0.1, -0.05) is 71.7 Å². The molecule has 0 saturated heterocycles. The summed E-state index contributed by atoms with van der Waals surface area (Å²) in [6.45, 7) is 7.18. The Balaban J connectivity index is 0.000000202. The highest BCUT2D eigenvalue weighted by molar-refractivity contribution is 6.42. The number of hydrogen-bond acceptors (Lipinski definition) is 1. The van der Waals surface area contributed by atoms with Gasteiger partial charge in [-0.05, 0) is 62.6 Å². The summed E-state index contributed by atoms with van der Waals surface area (Å²) in [7, 11) is 0. The Kier molecular flexibility index (Phi) is 9.77. The van der Waals surface area contributed by atoms with E-state index in [2.05, 4.69) is 0 Å². The smallest absolute Gasteiger partial charge is 0.159 e. The molecule has 0 aliphatic carbocycles. The number of carbonyl (C=O) groups excluding carboxylic acids is 1. The fraction of sp³-hybridized carbons (Fsp3) is 0.174. The summed E-state index contributed by atoms with van der Waals surface area (Å²) in [5.41, 5.74) is 3.58. The third kappa shape index (κ3) is 8.85. The average molecular weight is 405 g/mol. The monoisotopic (exact) mass is 404 g/mol. The van der Waals surface area contributed by atoms with Crippen LogP contribution in [0.25, 0.3) is 0 Å². The Bertz CT molecular complexity index is 827. The number of aryl methyl sites for hydroxylation is 3. The maximum absolute atomic E-state index is 12.6. The molecule has 0 saturated carbocycles. The third-order valence-electron chi connectivity index (χ3n) is 3.58. The van der Waals surface area contributed by atoms with Gasteiger partial charge in [-0.2, -0.15) is 0 Å². The molecule has 3 aromatic rings. The van der Waals surface area contributed by atoms with E-state index in [0.717, 1.165) is 16.7 Å². The van der Waals surface area contributed by atoms with E-state index in [1.807, 2.05) is 62.4 Å². The lowest BCUT2D eigenvalue weighted by atomic mass is 10.2. The number of hydrogen-bond donors (Lipinski definition) is 0. The van der Waals surface area contributed by atoms with Crippen LogP contribution in [0, 0.1) is 26.6 Å². The second-order valence-corrected chi connectivity index (χ2v) is 6.91. The normalized spacial score (nSPS) is 9.44. The maximum Gasteiger partial charge on any atom is 0.159 e. The molecule has 1 nitrogen and oxygen atoms in total. The highest BCUT2D eigenvalue weighted by Crippen LogP contribution is 2.21. The van der Waals surface area contributed by atoms with Gasteiger partial charge in [-0.25, -0.2) is 4.39 Å². The maximum atomic E-state index is 12.6. The van der Waals surface area contributed by atoms with Gasteiger partial charge >= 0.3 is 0 Å². The first kappa shape index (κ1) is 22.9. The Morgan fingerprint density at radius 3 is 1.74 bits per heavy atom. The molecule has 3 aromatic carbocycles. The molecule has 0 atom stereocenters. The lowest BCUT2D eigenvalue weighted by molar-refractivity contribution is 0.101. The molecular weight excluding hydrogens is 382 g/mol. The first-order valence-corrected chi connectivity index (χ1v) is 9.16. The molecule has 4 heteroatoms. The van der Waals surface area contributed by atoms with E-state index >= 15 is 0 Å². The Morgan fingerprint density at radius 1 is 0.778 bits per heavy atom. The zero-order valence-electron chi connectivity index (χ0n) is 15.9. The molecule has 0 aliphatic rings. The van der Waals surface area contributed by atoms with Crippen molar-refractivity contribution in [1.82, 2.24) is 0 Å². The lowest BCUT2D eigenvalue weighted by Crippen LogP contribution is -1.88. The quantitative estimate of drug-likeness (QED) is 0.380. The molecule has 0 heterocycles. The minimum absolute atomic E-state index is 0.116. The van der Waals surface area contributed by atoms with Crippen LogP contribution in [-0.2, 0) is 0 Å². The van der Waals surface area contributed by atoms with E-state index in [-0.39, 0.29) is 11.6 Å². The topological polar surface area (TPSA) is 17.1 Å². The van der Waals surface area contributed by atoms with Gasteiger partial charge in [0.25, 0.3) is 0 Å². The number of halogens is 3. The van der Waals surface area contributed by atoms with Gasteiger partial charge in [0.05, 0.1) is 10.0 Å². The van der Waals surface area contributed by atoms with Gasteiger partial charge in [0.2, 0.25) is 0 Å².